The zero-order chi connectivity index (χ0) is 15.9. The van der Waals surface area contributed by atoms with Gasteiger partial charge in [-0.25, -0.2) is 4.99 Å². The molecule has 1 unspecified atom stereocenters. The smallest absolute Gasteiger partial charge is 0.191 e. The van der Waals surface area contributed by atoms with Gasteiger partial charge in [-0.2, -0.15) is 0 Å². The van der Waals surface area contributed by atoms with Crippen LogP contribution in [0.5, 0.6) is 5.75 Å². The second-order valence-corrected chi connectivity index (χ2v) is 5.58. The lowest BCUT2D eigenvalue weighted by atomic mass is 9.93. The lowest BCUT2D eigenvalue weighted by Gasteiger charge is -2.26. The summed E-state index contributed by atoms with van der Waals surface area (Å²) in [6.45, 7) is 5.13. The molecule has 0 saturated carbocycles. The molecular weight excluding hydrogens is 290 g/mol. The molecule has 3 rings (SSSR count). The summed E-state index contributed by atoms with van der Waals surface area (Å²) < 4.78 is 10.8. The minimum atomic E-state index is 0.442. The Bertz CT molecular complexity index is 637. The van der Waals surface area contributed by atoms with E-state index in [9.17, 15) is 0 Å². The van der Waals surface area contributed by atoms with Crippen LogP contribution in [0.4, 0.5) is 0 Å². The average molecular weight is 313 g/mol. The number of benzene rings is 1. The fraction of sp³-hybridized carbons (Fsp3) is 0.389. The van der Waals surface area contributed by atoms with Crippen LogP contribution in [0.2, 0.25) is 0 Å². The van der Waals surface area contributed by atoms with Gasteiger partial charge < -0.3 is 19.8 Å². The van der Waals surface area contributed by atoms with Crippen molar-refractivity contribution in [1.29, 1.82) is 0 Å². The number of hydrogen-bond acceptors (Lipinski definition) is 3. The first-order valence-electron chi connectivity index (χ1n) is 8.12. The maximum absolute atomic E-state index is 5.72. The van der Waals surface area contributed by atoms with Gasteiger partial charge in [-0.1, -0.05) is 18.2 Å². The Hall–Kier alpha value is -2.43. The summed E-state index contributed by atoms with van der Waals surface area (Å²) >= 11 is 0. The van der Waals surface area contributed by atoms with Crippen molar-refractivity contribution in [3.8, 4) is 5.75 Å². The van der Waals surface area contributed by atoms with Crippen molar-refractivity contribution in [3.05, 3.63) is 54.0 Å². The highest BCUT2D eigenvalue weighted by Crippen LogP contribution is 2.32. The number of nitrogens with zero attached hydrogens (tertiary/aromatic N) is 1. The normalized spacial score (nSPS) is 17.3. The van der Waals surface area contributed by atoms with Crippen molar-refractivity contribution >= 4 is 5.96 Å². The van der Waals surface area contributed by atoms with Crippen molar-refractivity contribution in [1.82, 2.24) is 10.6 Å². The highest BCUT2D eigenvalue weighted by molar-refractivity contribution is 5.79. The van der Waals surface area contributed by atoms with Crippen molar-refractivity contribution in [3.63, 3.8) is 0 Å². The van der Waals surface area contributed by atoms with E-state index in [0.29, 0.717) is 12.5 Å². The van der Waals surface area contributed by atoms with Crippen LogP contribution in [0.1, 0.15) is 30.4 Å². The SMILES string of the molecule is CCNC(=NCc1ccoc1)NCC1CCOc2ccccc21. The maximum atomic E-state index is 5.72. The summed E-state index contributed by atoms with van der Waals surface area (Å²) in [6, 6.07) is 10.2. The van der Waals surface area contributed by atoms with E-state index in [1.807, 2.05) is 18.2 Å². The van der Waals surface area contributed by atoms with E-state index in [-0.39, 0.29) is 0 Å². The molecule has 0 bridgehead atoms. The van der Waals surface area contributed by atoms with Crippen LogP contribution in [0.15, 0.2) is 52.3 Å². The Morgan fingerprint density at radius 3 is 3.00 bits per heavy atom. The van der Waals surface area contributed by atoms with Crippen LogP contribution in [0.3, 0.4) is 0 Å². The zero-order valence-electron chi connectivity index (χ0n) is 13.4. The molecular formula is C18H23N3O2. The van der Waals surface area contributed by atoms with Crippen molar-refractivity contribution in [2.24, 2.45) is 4.99 Å². The van der Waals surface area contributed by atoms with Crippen molar-refractivity contribution in [2.45, 2.75) is 25.8 Å². The van der Waals surface area contributed by atoms with Crippen LogP contribution in [-0.2, 0) is 6.54 Å². The molecule has 2 N–H and O–H groups in total. The van der Waals surface area contributed by atoms with Crippen LogP contribution >= 0.6 is 0 Å². The second-order valence-electron chi connectivity index (χ2n) is 5.58. The van der Waals surface area contributed by atoms with Gasteiger partial charge in [-0.05, 0) is 31.0 Å². The number of ether oxygens (including phenoxy) is 1. The third kappa shape index (κ3) is 4.06. The minimum Gasteiger partial charge on any atom is -0.493 e. The molecule has 23 heavy (non-hydrogen) atoms. The summed E-state index contributed by atoms with van der Waals surface area (Å²) in [6.07, 6.45) is 4.41. The van der Waals surface area contributed by atoms with Gasteiger partial charge in [-0.3, -0.25) is 0 Å². The van der Waals surface area contributed by atoms with Crippen LogP contribution in [0.25, 0.3) is 0 Å². The molecule has 1 aliphatic heterocycles. The van der Waals surface area contributed by atoms with E-state index in [1.165, 1.54) is 5.56 Å². The number of nitrogens with one attached hydrogen (secondary N) is 2. The fourth-order valence-electron chi connectivity index (χ4n) is 2.74. The van der Waals surface area contributed by atoms with Crippen LogP contribution in [-0.4, -0.2) is 25.7 Å². The predicted molar refractivity (Wildman–Crippen MR) is 90.8 cm³/mol. The Kier molecular flexibility index (Phi) is 5.19. The third-order valence-electron chi connectivity index (χ3n) is 3.94. The molecule has 5 heteroatoms. The van der Waals surface area contributed by atoms with Gasteiger partial charge in [0.05, 0.1) is 25.7 Å². The molecule has 0 aliphatic carbocycles. The average Bonchev–Trinajstić information content (AvgIpc) is 3.11. The van der Waals surface area contributed by atoms with Gasteiger partial charge in [0.15, 0.2) is 5.96 Å². The largest absolute Gasteiger partial charge is 0.493 e. The van der Waals surface area contributed by atoms with Crippen LogP contribution in [0, 0.1) is 0 Å². The predicted octanol–water partition coefficient (Wildman–Crippen LogP) is 2.90. The molecule has 0 amide bonds. The summed E-state index contributed by atoms with van der Waals surface area (Å²) in [5.41, 5.74) is 2.34. The number of guanidine groups is 1. The number of aliphatic imine (C=N–C) groups is 1. The van der Waals surface area contributed by atoms with Crippen LogP contribution < -0.4 is 15.4 Å². The molecule has 2 heterocycles. The first-order valence-corrected chi connectivity index (χ1v) is 8.12. The molecule has 1 aromatic heterocycles. The molecule has 0 spiro atoms. The lowest BCUT2D eigenvalue weighted by Crippen LogP contribution is -2.40. The molecule has 0 saturated heterocycles. The van der Waals surface area contributed by atoms with E-state index in [0.717, 1.165) is 43.4 Å². The van der Waals surface area contributed by atoms with Crippen molar-refractivity contribution < 1.29 is 9.15 Å². The number of hydrogen-bond donors (Lipinski definition) is 2. The van der Waals surface area contributed by atoms with E-state index in [1.54, 1.807) is 12.5 Å². The molecule has 1 aromatic carbocycles. The molecule has 122 valence electrons. The Morgan fingerprint density at radius 2 is 2.17 bits per heavy atom. The van der Waals surface area contributed by atoms with Gasteiger partial charge in [0.25, 0.3) is 0 Å². The van der Waals surface area contributed by atoms with E-state index in [2.05, 4.69) is 34.7 Å². The highest BCUT2D eigenvalue weighted by Gasteiger charge is 2.20. The van der Waals surface area contributed by atoms with Gasteiger partial charge in [-0.15, -0.1) is 0 Å². The standard InChI is InChI=1S/C18H23N3O2/c1-2-19-18(20-11-14-7-9-22-13-14)21-12-15-8-10-23-17-6-4-3-5-16(15)17/h3-7,9,13,15H,2,8,10-12H2,1H3,(H2,19,20,21). The Labute approximate surface area is 136 Å². The molecule has 1 aliphatic rings. The number of rotatable bonds is 5. The highest BCUT2D eigenvalue weighted by atomic mass is 16.5. The van der Waals surface area contributed by atoms with Gasteiger partial charge in [0.1, 0.15) is 5.75 Å². The summed E-state index contributed by atoms with van der Waals surface area (Å²) in [4.78, 5) is 4.60. The zero-order valence-corrected chi connectivity index (χ0v) is 13.4. The molecule has 2 aromatic rings. The quantitative estimate of drug-likeness (QED) is 0.658. The molecule has 0 radical (unpaired) electrons. The number of fused-ring (bicyclic) bond motifs is 1. The summed E-state index contributed by atoms with van der Waals surface area (Å²) in [5.74, 6) is 2.28. The first-order chi connectivity index (χ1) is 11.4. The van der Waals surface area contributed by atoms with Crippen molar-refractivity contribution in [2.75, 3.05) is 19.7 Å². The maximum Gasteiger partial charge on any atom is 0.191 e. The second kappa shape index (κ2) is 7.72. The molecule has 1 atom stereocenters. The van der Waals surface area contributed by atoms with E-state index in [4.69, 9.17) is 9.15 Å². The first kappa shape index (κ1) is 15.5. The van der Waals surface area contributed by atoms with E-state index < -0.39 is 0 Å². The third-order valence-corrected chi connectivity index (χ3v) is 3.94. The summed E-state index contributed by atoms with van der Waals surface area (Å²) in [7, 11) is 0. The Morgan fingerprint density at radius 1 is 1.26 bits per heavy atom. The van der Waals surface area contributed by atoms with Gasteiger partial charge in [0, 0.05) is 24.6 Å². The Balaban J connectivity index is 1.62. The topological polar surface area (TPSA) is 58.8 Å². The number of para-hydroxylation sites is 1. The fourth-order valence-corrected chi connectivity index (χ4v) is 2.74. The monoisotopic (exact) mass is 313 g/mol. The molecule has 5 nitrogen and oxygen atoms in total. The van der Waals surface area contributed by atoms with Gasteiger partial charge in [0.2, 0.25) is 0 Å². The van der Waals surface area contributed by atoms with E-state index >= 15 is 0 Å². The molecule has 0 fully saturated rings. The summed E-state index contributed by atoms with van der Waals surface area (Å²) in [5, 5.41) is 6.73. The lowest BCUT2D eigenvalue weighted by molar-refractivity contribution is 0.267. The minimum absolute atomic E-state index is 0.442. The number of furan rings is 1. The van der Waals surface area contributed by atoms with Gasteiger partial charge >= 0.3 is 0 Å².